The standard InChI is InChI=1S/C29H34N8O/c1-20-25-5-3-4-6-26(25)32-29(31-20)19-35-9-7-22(8-10-35)27-16-28(34-33-27)23-15-24(18-30-17-23)37-13-11-36(12-14-37)21(2)38/h3-6,15-18,22H,7-14,19H2,1-2H3,(H,33,34). The Bertz CT molecular complexity index is 1430. The zero-order valence-corrected chi connectivity index (χ0v) is 22.1. The van der Waals surface area contributed by atoms with Crippen molar-refractivity contribution in [3.8, 4) is 11.3 Å². The van der Waals surface area contributed by atoms with Crippen molar-refractivity contribution in [1.82, 2.24) is 34.9 Å². The van der Waals surface area contributed by atoms with E-state index in [1.807, 2.05) is 29.4 Å². The molecule has 3 aromatic heterocycles. The van der Waals surface area contributed by atoms with E-state index in [0.717, 1.165) is 98.0 Å². The number of carbonyl (C=O) groups excluding carboxylic acids is 1. The number of benzene rings is 1. The molecule has 0 unspecified atom stereocenters. The van der Waals surface area contributed by atoms with Gasteiger partial charge in [-0.3, -0.25) is 19.8 Å². The summed E-state index contributed by atoms with van der Waals surface area (Å²) in [6.45, 7) is 9.64. The molecule has 9 nitrogen and oxygen atoms in total. The smallest absolute Gasteiger partial charge is 0.219 e. The molecule has 6 rings (SSSR count). The summed E-state index contributed by atoms with van der Waals surface area (Å²) in [6.07, 6.45) is 5.93. The molecule has 0 bridgehead atoms. The van der Waals surface area contributed by atoms with Gasteiger partial charge in [-0.2, -0.15) is 5.10 Å². The summed E-state index contributed by atoms with van der Waals surface area (Å²) in [5, 5.41) is 9.07. The van der Waals surface area contributed by atoms with Gasteiger partial charge in [-0.05, 0) is 51.1 Å². The number of hydrogen-bond donors (Lipinski definition) is 1. The van der Waals surface area contributed by atoms with E-state index >= 15 is 0 Å². The van der Waals surface area contributed by atoms with E-state index in [1.165, 1.54) is 5.69 Å². The largest absolute Gasteiger partial charge is 0.367 e. The molecule has 2 saturated heterocycles. The second-order valence-electron chi connectivity index (χ2n) is 10.4. The number of nitrogens with zero attached hydrogens (tertiary/aromatic N) is 7. The first kappa shape index (κ1) is 24.5. The van der Waals surface area contributed by atoms with E-state index in [4.69, 9.17) is 9.97 Å². The maximum Gasteiger partial charge on any atom is 0.219 e. The highest BCUT2D eigenvalue weighted by molar-refractivity contribution is 5.80. The third kappa shape index (κ3) is 5.11. The quantitative estimate of drug-likeness (QED) is 0.437. The fourth-order valence-electron chi connectivity index (χ4n) is 5.68. The van der Waals surface area contributed by atoms with Gasteiger partial charge >= 0.3 is 0 Å². The zero-order chi connectivity index (χ0) is 26.1. The molecule has 1 aromatic carbocycles. The fourth-order valence-corrected chi connectivity index (χ4v) is 5.68. The molecule has 4 aromatic rings. The molecule has 196 valence electrons. The molecular formula is C29H34N8O. The highest BCUT2D eigenvalue weighted by Gasteiger charge is 2.24. The van der Waals surface area contributed by atoms with Gasteiger partial charge in [-0.25, -0.2) is 9.97 Å². The second-order valence-corrected chi connectivity index (χ2v) is 10.4. The third-order valence-corrected chi connectivity index (χ3v) is 7.94. The van der Waals surface area contributed by atoms with Crippen molar-refractivity contribution in [2.75, 3.05) is 44.2 Å². The van der Waals surface area contributed by atoms with E-state index in [9.17, 15) is 4.79 Å². The molecule has 38 heavy (non-hydrogen) atoms. The van der Waals surface area contributed by atoms with Crippen LogP contribution in [0.5, 0.6) is 0 Å². The number of nitrogens with one attached hydrogen (secondary N) is 1. The number of piperidine rings is 1. The minimum absolute atomic E-state index is 0.142. The molecule has 2 fully saturated rings. The number of para-hydroxylation sites is 1. The van der Waals surface area contributed by atoms with Crippen molar-refractivity contribution in [2.24, 2.45) is 0 Å². The number of anilines is 1. The molecule has 0 aliphatic carbocycles. The van der Waals surface area contributed by atoms with Gasteiger partial charge in [0.05, 0.1) is 29.6 Å². The summed E-state index contributed by atoms with van der Waals surface area (Å²) >= 11 is 0. The SMILES string of the molecule is CC(=O)N1CCN(c2cncc(-c3cc(C4CCN(Cc5nc(C)c6ccccc6n5)CC4)[nH]n3)c2)CC1. The van der Waals surface area contributed by atoms with Gasteiger partial charge in [0.1, 0.15) is 5.82 Å². The lowest BCUT2D eigenvalue weighted by Crippen LogP contribution is -2.48. The van der Waals surface area contributed by atoms with Gasteiger partial charge in [0, 0.05) is 67.6 Å². The Morgan fingerprint density at radius 3 is 2.58 bits per heavy atom. The van der Waals surface area contributed by atoms with Crippen molar-refractivity contribution in [3.63, 3.8) is 0 Å². The predicted octanol–water partition coefficient (Wildman–Crippen LogP) is 3.77. The molecule has 0 spiro atoms. The van der Waals surface area contributed by atoms with Crippen LogP contribution in [0.2, 0.25) is 0 Å². The fraction of sp³-hybridized carbons (Fsp3) is 0.414. The Hall–Kier alpha value is -3.85. The number of rotatable bonds is 5. The summed E-state index contributed by atoms with van der Waals surface area (Å²) in [6, 6.07) is 12.6. The van der Waals surface area contributed by atoms with Crippen LogP contribution >= 0.6 is 0 Å². The lowest BCUT2D eigenvalue weighted by molar-refractivity contribution is -0.129. The second kappa shape index (κ2) is 10.5. The van der Waals surface area contributed by atoms with Crippen LogP contribution in [-0.4, -0.2) is 80.1 Å². The molecular weight excluding hydrogens is 476 g/mol. The molecule has 2 aliphatic rings. The van der Waals surface area contributed by atoms with Gasteiger partial charge in [0.2, 0.25) is 5.91 Å². The number of likely N-dealkylation sites (tertiary alicyclic amines) is 1. The first-order valence-corrected chi connectivity index (χ1v) is 13.5. The molecule has 1 amide bonds. The number of amides is 1. The van der Waals surface area contributed by atoms with Crippen LogP contribution < -0.4 is 4.90 Å². The number of piperazine rings is 1. The summed E-state index contributed by atoms with van der Waals surface area (Å²) in [7, 11) is 0. The Kier molecular flexibility index (Phi) is 6.76. The molecule has 9 heteroatoms. The van der Waals surface area contributed by atoms with Gasteiger partial charge in [-0.1, -0.05) is 18.2 Å². The molecule has 1 N–H and O–H groups in total. The highest BCUT2D eigenvalue weighted by Crippen LogP contribution is 2.31. The van der Waals surface area contributed by atoms with Crippen LogP contribution in [0.3, 0.4) is 0 Å². The van der Waals surface area contributed by atoms with Crippen LogP contribution in [0.15, 0.2) is 48.8 Å². The number of aryl methyl sites for hydroxylation is 1. The summed E-state index contributed by atoms with van der Waals surface area (Å²) in [5.74, 6) is 1.50. The predicted molar refractivity (Wildman–Crippen MR) is 148 cm³/mol. The van der Waals surface area contributed by atoms with Crippen molar-refractivity contribution in [2.45, 2.75) is 39.2 Å². The molecule has 0 atom stereocenters. The Morgan fingerprint density at radius 2 is 1.79 bits per heavy atom. The Morgan fingerprint density at radius 1 is 1.00 bits per heavy atom. The first-order valence-electron chi connectivity index (χ1n) is 13.5. The van der Waals surface area contributed by atoms with Crippen LogP contribution in [0.25, 0.3) is 22.2 Å². The van der Waals surface area contributed by atoms with Crippen molar-refractivity contribution in [1.29, 1.82) is 0 Å². The number of carbonyl (C=O) groups is 1. The molecule has 0 radical (unpaired) electrons. The number of hydrogen-bond acceptors (Lipinski definition) is 7. The summed E-state index contributed by atoms with van der Waals surface area (Å²) in [4.78, 5) is 32.3. The number of aromatic nitrogens is 5. The van der Waals surface area contributed by atoms with Crippen LogP contribution in [-0.2, 0) is 11.3 Å². The lowest BCUT2D eigenvalue weighted by Gasteiger charge is -2.35. The minimum Gasteiger partial charge on any atom is -0.367 e. The van der Waals surface area contributed by atoms with Crippen molar-refractivity contribution >= 4 is 22.5 Å². The summed E-state index contributed by atoms with van der Waals surface area (Å²) < 4.78 is 0. The van der Waals surface area contributed by atoms with E-state index in [2.05, 4.69) is 56.2 Å². The molecule has 5 heterocycles. The topological polar surface area (TPSA) is 94.1 Å². The van der Waals surface area contributed by atoms with E-state index in [1.54, 1.807) is 6.92 Å². The van der Waals surface area contributed by atoms with E-state index in [-0.39, 0.29) is 5.91 Å². The van der Waals surface area contributed by atoms with Gasteiger partial charge in [0.25, 0.3) is 0 Å². The average Bonchev–Trinajstić information content (AvgIpc) is 3.44. The zero-order valence-electron chi connectivity index (χ0n) is 22.1. The van der Waals surface area contributed by atoms with E-state index < -0.39 is 0 Å². The number of H-pyrrole nitrogens is 1. The van der Waals surface area contributed by atoms with Gasteiger partial charge in [-0.15, -0.1) is 0 Å². The van der Waals surface area contributed by atoms with Crippen LogP contribution in [0.4, 0.5) is 5.69 Å². The van der Waals surface area contributed by atoms with Crippen molar-refractivity contribution < 1.29 is 4.79 Å². The maximum atomic E-state index is 11.6. The maximum absolute atomic E-state index is 11.6. The van der Waals surface area contributed by atoms with Gasteiger partial charge < -0.3 is 9.80 Å². The van der Waals surface area contributed by atoms with Crippen LogP contribution in [0.1, 0.15) is 42.9 Å². The first-order chi connectivity index (χ1) is 18.5. The highest BCUT2D eigenvalue weighted by atomic mass is 16.2. The number of fused-ring (bicyclic) bond motifs is 1. The normalized spacial score (nSPS) is 17.3. The summed E-state index contributed by atoms with van der Waals surface area (Å²) in [5.41, 5.74) is 6.28. The number of aromatic amines is 1. The van der Waals surface area contributed by atoms with Gasteiger partial charge in [0.15, 0.2) is 0 Å². The third-order valence-electron chi connectivity index (χ3n) is 7.94. The Balaban J connectivity index is 1.07. The Labute approximate surface area is 222 Å². The number of pyridine rings is 1. The lowest BCUT2D eigenvalue weighted by atomic mass is 9.93. The average molecular weight is 511 g/mol. The minimum atomic E-state index is 0.142. The van der Waals surface area contributed by atoms with Crippen molar-refractivity contribution in [3.05, 3.63) is 66.0 Å². The molecule has 0 saturated carbocycles. The van der Waals surface area contributed by atoms with Crippen LogP contribution in [0, 0.1) is 6.92 Å². The van der Waals surface area contributed by atoms with E-state index in [0.29, 0.717) is 5.92 Å². The molecule has 2 aliphatic heterocycles. The monoisotopic (exact) mass is 510 g/mol.